The van der Waals surface area contributed by atoms with Gasteiger partial charge in [-0.15, -0.1) is 12.4 Å². The number of amides is 1. The van der Waals surface area contributed by atoms with Crippen molar-refractivity contribution >= 4 is 38.2 Å². The number of carbonyl (C=O) groups excluding carboxylic acids is 1. The summed E-state index contributed by atoms with van der Waals surface area (Å²) >= 11 is 0. The van der Waals surface area contributed by atoms with Gasteiger partial charge >= 0.3 is 6.09 Å². The number of rotatable bonds is 7. The predicted octanol–water partition coefficient (Wildman–Crippen LogP) is 0.389. The summed E-state index contributed by atoms with van der Waals surface area (Å²) in [6.45, 7) is 1.32. The molecule has 0 heterocycles. The topological polar surface area (TPSA) is 75.7 Å². The maximum Gasteiger partial charge on any atom is 0.407 e. The van der Waals surface area contributed by atoms with Crippen LogP contribution in [0, 0.1) is 0 Å². The van der Waals surface area contributed by atoms with Gasteiger partial charge in [0.05, 0.1) is 0 Å². The van der Waals surface area contributed by atoms with Gasteiger partial charge in [0.25, 0.3) is 0 Å². The van der Waals surface area contributed by atoms with Gasteiger partial charge in [-0.1, -0.05) is 0 Å². The fourth-order valence-electron chi connectivity index (χ4n) is 0.752. The van der Waals surface area contributed by atoms with Gasteiger partial charge in [-0.05, 0) is 24.9 Å². The summed E-state index contributed by atoms with van der Waals surface area (Å²) < 4.78 is 26.2. The molecule has 1 amide bonds. The third-order valence-corrected chi connectivity index (χ3v) is 3.99. The molecule has 0 rings (SSSR count). The van der Waals surface area contributed by atoms with Gasteiger partial charge < -0.3 is 15.0 Å². The molecular weight excluding hydrogens is 288 g/mol. The molecule has 9 heteroatoms. The highest BCUT2D eigenvalue weighted by molar-refractivity contribution is 8.71. The molecule has 0 radical (unpaired) electrons. The van der Waals surface area contributed by atoms with Gasteiger partial charge in [0.15, 0.2) is 8.87 Å². The minimum absolute atomic E-state index is 0. The Labute approximate surface area is 112 Å². The fraction of sp³-hybridized carbons (Fsp3) is 0.875. The standard InChI is InChI=1S/C8H18N2O4S2.ClH/c1-10(2)5-4-9-8(11)14-6-7-15-16(3,12)13;/h4-7H2,1-3H3,(H,9,11);1H. The second kappa shape index (κ2) is 9.81. The van der Waals surface area contributed by atoms with E-state index >= 15 is 0 Å². The van der Waals surface area contributed by atoms with Crippen LogP contribution in [0.15, 0.2) is 0 Å². The Hall–Kier alpha value is -0.180. The first-order valence-electron chi connectivity index (χ1n) is 4.71. The van der Waals surface area contributed by atoms with Crippen molar-refractivity contribution in [2.75, 3.05) is 45.8 Å². The van der Waals surface area contributed by atoms with Crippen LogP contribution >= 0.6 is 23.2 Å². The van der Waals surface area contributed by atoms with Crippen LogP contribution < -0.4 is 5.32 Å². The number of hydrogen-bond donors (Lipinski definition) is 1. The molecule has 17 heavy (non-hydrogen) atoms. The predicted molar refractivity (Wildman–Crippen MR) is 72.5 cm³/mol. The SMILES string of the molecule is CN(C)CCNC(=O)OCCSS(C)(=O)=O.Cl. The zero-order valence-corrected chi connectivity index (χ0v) is 12.6. The number of hydrogen-bond acceptors (Lipinski definition) is 6. The average Bonchev–Trinajstić information content (AvgIpc) is 2.10. The lowest BCUT2D eigenvalue weighted by atomic mass is 10.6. The minimum atomic E-state index is -3.05. The van der Waals surface area contributed by atoms with Crippen molar-refractivity contribution in [3.05, 3.63) is 0 Å². The van der Waals surface area contributed by atoms with E-state index in [1.54, 1.807) is 0 Å². The Morgan fingerprint density at radius 2 is 2.00 bits per heavy atom. The Morgan fingerprint density at radius 1 is 1.41 bits per heavy atom. The van der Waals surface area contributed by atoms with Gasteiger partial charge in [0.2, 0.25) is 0 Å². The lowest BCUT2D eigenvalue weighted by Crippen LogP contribution is -2.32. The zero-order chi connectivity index (χ0) is 12.6. The number of nitrogens with one attached hydrogen (secondary N) is 1. The zero-order valence-electron chi connectivity index (χ0n) is 10.1. The summed E-state index contributed by atoms with van der Waals surface area (Å²) in [5.41, 5.74) is 0. The molecule has 0 aromatic rings. The summed E-state index contributed by atoms with van der Waals surface area (Å²) in [6.07, 6.45) is 0.602. The number of halogens is 1. The van der Waals surface area contributed by atoms with E-state index in [4.69, 9.17) is 4.74 Å². The maximum absolute atomic E-state index is 11.0. The van der Waals surface area contributed by atoms with Crippen LogP contribution in [-0.4, -0.2) is 65.2 Å². The van der Waals surface area contributed by atoms with Crippen molar-refractivity contribution in [2.24, 2.45) is 0 Å². The first-order chi connectivity index (χ1) is 7.31. The van der Waals surface area contributed by atoms with Gasteiger partial charge in [0, 0.05) is 25.1 Å². The summed E-state index contributed by atoms with van der Waals surface area (Å²) in [5.74, 6) is 0.250. The third kappa shape index (κ3) is 15.8. The summed E-state index contributed by atoms with van der Waals surface area (Å²) in [5, 5.41) is 2.55. The van der Waals surface area contributed by atoms with Crippen molar-refractivity contribution in [2.45, 2.75) is 0 Å². The molecule has 0 saturated heterocycles. The molecule has 0 bridgehead atoms. The first-order valence-corrected chi connectivity index (χ1v) is 8.10. The Balaban J connectivity index is 0. The van der Waals surface area contributed by atoms with Gasteiger partial charge in [-0.25, -0.2) is 13.2 Å². The molecule has 0 aliphatic carbocycles. The Kier molecular flexibility index (Phi) is 11.1. The lowest BCUT2D eigenvalue weighted by molar-refractivity contribution is 0.152. The summed E-state index contributed by atoms with van der Waals surface area (Å²) in [7, 11) is 1.51. The van der Waals surface area contributed by atoms with Crippen molar-refractivity contribution in [3.8, 4) is 0 Å². The van der Waals surface area contributed by atoms with E-state index in [2.05, 4.69) is 5.32 Å². The van der Waals surface area contributed by atoms with Crippen molar-refractivity contribution in [1.29, 1.82) is 0 Å². The lowest BCUT2D eigenvalue weighted by Gasteiger charge is -2.10. The van der Waals surface area contributed by atoms with E-state index < -0.39 is 15.0 Å². The Bertz CT molecular complexity index is 309. The molecule has 0 atom stereocenters. The van der Waals surface area contributed by atoms with E-state index in [1.165, 1.54) is 0 Å². The third-order valence-electron chi connectivity index (χ3n) is 1.44. The number of likely N-dealkylation sites (N-methyl/N-ethyl adjacent to an activating group) is 1. The molecule has 0 aromatic carbocycles. The molecule has 0 aliphatic rings. The smallest absolute Gasteiger partial charge is 0.407 e. The minimum Gasteiger partial charge on any atom is -0.449 e. The number of ether oxygens (including phenoxy) is 1. The van der Waals surface area contributed by atoms with Gasteiger partial charge in [-0.2, -0.15) is 0 Å². The molecule has 104 valence electrons. The van der Waals surface area contributed by atoms with Crippen molar-refractivity contribution < 1.29 is 17.9 Å². The highest BCUT2D eigenvalue weighted by Crippen LogP contribution is 2.08. The fourth-order valence-corrected chi connectivity index (χ4v) is 2.32. The van der Waals surface area contributed by atoms with E-state index in [9.17, 15) is 13.2 Å². The summed E-state index contributed by atoms with van der Waals surface area (Å²) in [6, 6.07) is 0. The Morgan fingerprint density at radius 3 is 2.47 bits per heavy atom. The highest BCUT2D eigenvalue weighted by atomic mass is 35.5. The van der Waals surface area contributed by atoms with Crippen LogP contribution in [0.4, 0.5) is 4.79 Å². The van der Waals surface area contributed by atoms with Crippen LogP contribution in [0.1, 0.15) is 0 Å². The van der Waals surface area contributed by atoms with Crippen molar-refractivity contribution in [1.82, 2.24) is 10.2 Å². The van der Waals surface area contributed by atoms with Gasteiger partial charge in [-0.3, -0.25) is 0 Å². The second-order valence-electron chi connectivity index (χ2n) is 3.39. The van der Waals surface area contributed by atoms with E-state index in [0.29, 0.717) is 6.54 Å². The number of alkyl carbamates (subject to hydrolysis) is 1. The van der Waals surface area contributed by atoms with Crippen LogP contribution in [-0.2, 0) is 13.6 Å². The molecule has 6 nitrogen and oxygen atoms in total. The van der Waals surface area contributed by atoms with E-state index in [0.717, 1.165) is 23.6 Å². The van der Waals surface area contributed by atoms with Crippen LogP contribution in [0.5, 0.6) is 0 Å². The molecule has 0 spiro atoms. The van der Waals surface area contributed by atoms with Crippen molar-refractivity contribution in [3.63, 3.8) is 0 Å². The molecule has 0 saturated carbocycles. The maximum atomic E-state index is 11.0. The molecule has 0 unspecified atom stereocenters. The van der Waals surface area contributed by atoms with Crippen LogP contribution in [0.3, 0.4) is 0 Å². The number of carbonyl (C=O) groups is 1. The highest BCUT2D eigenvalue weighted by Gasteiger charge is 2.05. The molecular formula is C8H19ClN2O4S2. The molecule has 0 aromatic heterocycles. The van der Waals surface area contributed by atoms with Gasteiger partial charge in [0.1, 0.15) is 6.61 Å². The molecule has 1 N–H and O–H groups in total. The van der Waals surface area contributed by atoms with E-state index in [1.807, 2.05) is 19.0 Å². The largest absolute Gasteiger partial charge is 0.449 e. The normalized spacial score (nSPS) is 10.8. The second-order valence-corrected chi connectivity index (χ2v) is 7.97. The number of nitrogens with zero attached hydrogens (tertiary/aromatic N) is 1. The monoisotopic (exact) mass is 306 g/mol. The summed E-state index contributed by atoms with van der Waals surface area (Å²) in [4.78, 5) is 13.0. The first kappa shape index (κ1) is 19.2. The quantitative estimate of drug-likeness (QED) is 0.542. The van der Waals surface area contributed by atoms with E-state index in [-0.39, 0.29) is 24.8 Å². The van der Waals surface area contributed by atoms with Crippen LogP contribution in [0.2, 0.25) is 0 Å². The molecule has 0 aliphatic heterocycles. The molecule has 0 fully saturated rings. The average molecular weight is 307 g/mol. The van der Waals surface area contributed by atoms with Crippen LogP contribution in [0.25, 0.3) is 0 Å².